The fourth-order valence-corrected chi connectivity index (χ4v) is 1.83. The van der Waals surface area contributed by atoms with Crippen molar-refractivity contribution in [3.8, 4) is 0 Å². The first-order valence-corrected chi connectivity index (χ1v) is 6.15. The monoisotopic (exact) mass is 258 g/mol. The molecule has 0 bridgehead atoms. The Bertz CT molecular complexity index is 536. The van der Waals surface area contributed by atoms with Crippen LogP contribution in [0, 0.1) is 5.21 Å². The zero-order valence-electron chi connectivity index (χ0n) is 11.1. The molecule has 0 heterocycles. The first-order chi connectivity index (χ1) is 9.02. The predicted molar refractivity (Wildman–Crippen MR) is 75.4 cm³/mol. The molecule has 0 spiro atoms. The van der Waals surface area contributed by atoms with E-state index < -0.39 is 11.6 Å². The van der Waals surface area contributed by atoms with Gasteiger partial charge in [-0.05, 0) is 32.1 Å². The van der Waals surface area contributed by atoms with E-state index in [0.29, 0.717) is 4.86 Å². The maximum absolute atomic E-state index is 12.1. The topological polar surface area (TPSA) is 76.5 Å². The van der Waals surface area contributed by atoms with Crippen molar-refractivity contribution in [3.05, 3.63) is 59.3 Å². The van der Waals surface area contributed by atoms with Crippen molar-refractivity contribution in [2.24, 2.45) is 11.0 Å². The fourth-order valence-electron chi connectivity index (χ4n) is 1.83. The third-order valence-corrected chi connectivity index (χ3v) is 3.26. The quantitative estimate of drug-likeness (QED) is 0.497. The number of hydrogen-bond donors (Lipinski definition) is 2. The molecule has 1 aromatic rings. The SMILES string of the molecule is CC1=CC(N)C(C)(/[N+]([O-])=N/Nc2ccccc2)C=C1. The molecule has 0 aromatic heterocycles. The highest BCUT2D eigenvalue weighted by molar-refractivity contribution is 5.41. The van der Waals surface area contributed by atoms with E-state index >= 15 is 0 Å². The van der Waals surface area contributed by atoms with E-state index in [0.717, 1.165) is 11.3 Å². The maximum atomic E-state index is 12.1. The van der Waals surface area contributed by atoms with E-state index in [-0.39, 0.29) is 0 Å². The molecule has 2 atom stereocenters. The summed E-state index contributed by atoms with van der Waals surface area (Å²) in [5.74, 6) is 0. The molecule has 100 valence electrons. The molecule has 1 aliphatic rings. The van der Waals surface area contributed by atoms with Crippen LogP contribution in [0.2, 0.25) is 0 Å². The molecule has 5 nitrogen and oxygen atoms in total. The van der Waals surface area contributed by atoms with Crippen molar-refractivity contribution in [2.75, 3.05) is 5.43 Å². The van der Waals surface area contributed by atoms with Crippen LogP contribution in [0.4, 0.5) is 5.69 Å². The molecule has 0 amide bonds. The molecule has 0 aliphatic heterocycles. The number of rotatable bonds is 3. The zero-order chi connectivity index (χ0) is 13.9. The molecule has 2 rings (SSSR count). The third kappa shape index (κ3) is 2.82. The molecule has 19 heavy (non-hydrogen) atoms. The van der Waals surface area contributed by atoms with Gasteiger partial charge in [0.25, 0.3) is 0 Å². The zero-order valence-corrected chi connectivity index (χ0v) is 11.1. The van der Waals surface area contributed by atoms with Gasteiger partial charge in [0.15, 0.2) is 5.54 Å². The average Bonchev–Trinajstić information content (AvgIpc) is 2.42. The summed E-state index contributed by atoms with van der Waals surface area (Å²) in [6, 6.07) is 8.91. The number of para-hydroxylation sites is 1. The van der Waals surface area contributed by atoms with Crippen molar-refractivity contribution < 1.29 is 4.86 Å². The Hall–Kier alpha value is -2.14. The second-order valence-corrected chi connectivity index (χ2v) is 4.85. The molecular weight excluding hydrogens is 240 g/mol. The van der Waals surface area contributed by atoms with Crippen LogP contribution in [-0.2, 0) is 0 Å². The number of nitrogens with one attached hydrogen (secondary N) is 1. The summed E-state index contributed by atoms with van der Waals surface area (Å²) in [6.07, 6.45) is 5.53. The van der Waals surface area contributed by atoms with Gasteiger partial charge in [-0.3, -0.25) is 0 Å². The van der Waals surface area contributed by atoms with Crippen LogP contribution >= 0.6 is 0 Å². The van der Waals surface area contributed by atoms with Crippen LogP contribution in [0.25, 0.3) is 0 Å². The van der Waals surface area contributed by atoms with E-state index in [1.807, 2.05) is 49.4 Å². The van der Waals surface area contributed by atoms with Crippen LogP contribution in [0.3, 0.4) is 0 Å². The first-order valence-electron chi connectivity index (χ1n) is 6.15. The van der Waals surface area contributed by atoms with E-state index in [1.54, 1.807) is 13.0 Å². The highest BCUT2D eigenvalue weighted by Crippen LogP contribution is 2.23. The Kier molecular flexibility index (Phi) is 3.66. The lowest BCUT2D eigenvalue weighted by molar-refractivity contribution is -0.594. The summed E-state index contributed by atoms with van der Waals surface area (Å²) >= 11 is 0. The Morgan fingerprint density at radius 3 is 2.68 bits per heavy atom. The number of anilines is 1. The van der Waals surface area contributed by atoms with Gasteiger partial charge in [-0.1, -0.05) is 35.9 Å². The van der Waals surface area contributed by atoms with Crippen LogP contribution in [0.1, 0.15) is 13.8 Å². The molecule has 2 unspecified atom stereocenters. The number of allylic oxidation sites excluding steroid dienone is 2. The summed E-state index contributed by atoms with van der Waals surface area (Å²) in [6.45, 7) is 3.71. The molecule has 0 saturated heterocycles. The predicted octanol–water partition coefficient (Wildman–Crippen LogP) is 2.58. The summed E-state index contributed by atoms with van der Waals surface area (Å²) < 4.78 is 0. The van der Waals surface area contributed by atoms with Crippen LogP contribution < -0.4 is 11.2 Å². The Labute approximate surface area is 112 Å². The van der Waals surface area contributed by atoms with Gasteiger partial charge in [0, 0.05) is 0 Å². The third-order valence-electron chi connectivity index (χ3n) is 3.26. The van der Waals surface area contributed by atoms with E-state index in [2.05, 4.69) is 10.6 Å². The molecule has 0 radical (unpaired) electrons. The lowest BCUT2D eigenvalue weighted by Gasteiger charge is -2.33. The molecule has 1 aliphatic carbocycles. The minimum atomic E-state index is -0.874. The molecule has 5 heteroatoms. The highest BCUT2D eigenvalue weighted by Gasteiger charge is 2.35. The van der Waals surface area contributed by atoms with Crippen LogP contribution in [0.15, 0.2) is 59.4 Å². The minimum absolute atomic E-state index is 0.392. The summed E-state index contributed by atoms with van der Waals surface area (Å²) in [5, 5.41) is 16.0. The van der Waals surface area contributed by atoms with Crippen molar-refractivity contribution in [2.45, 2.75) is 25.4 Å². The Balaban J connectivity index is 2.15. The number of hydroxylamine groups is 1. The van der Waals surface area contributed by atoms with Gasteiger partial charge in [0.2, 0.25) is 0 Å². The first kappa shape index (κ1) is 13.3. The lowest BCUT2D eigenvalue weighted by Crippen LogP contribution is -2.50. The van der Waals surface area contributed by atoms with Crippen LogP contribution in [-0.4, -0.2) is 16.4 Å². The number of benzene rings is 1. The number of nitrogens with two attached hydrogens (primary N) is 1. The van der Waals surface area contributed by atoms with E-state index in [4.69, 9.17) is 5.73 Å². The minimum Gasteiger partial charge on any atom is -0.695 e. The van der Waals surface area contributed by atoms with E-state index in [9.17, 15) is 5.21 Å². The van der Waals surface area contributed by atoms with E-state index in [1.165, 1.54) is 0 Å². The lowest BCUT2D eigenvalue weighted by atomic mass is 9.87. The fraction of sp³-hybridized carbons (Fsp3) is 0.286. The average molecular weight is 258 g/mol. The van der Waals surface area contributed by atoms with Gasteiger partial charge in [-0.15, -0.1) is 5.43 Å². The van der Waals surface area contributed by atoms with Gasteiger partial charge >= 0.3 is 0 Å². The summed E-state index contributed by atoms with van der Waals surface area (Å²) in [7, 11) is 0. The number of hydrogen-bond acceptors (Lipinski definition) is 3. The van der Waals surface area contributed by atoms with Crippen molar-refractivity contribution in [3.63, 3.8) is 0 Å². The Morgan fingerprint density at radius 2 is 2.05 bits per heavy atom. The van der Waals surface area contributed by atoms with Crippen molar-refractivity contribution >= 4 is 5.69 Å². The maximum Gasteiger partial charge on any atom is 0.165 e. The van der Waals surface area contributed by atoms with Crippen molar-refractivity contribution in [1.82, 2.24) is 0 Å². The summed E-state index contributed by atoms with van der Waals surface area (Å²) in [4.78, 5) is 0.615. The summed E-state index contributed by atoms with van der Waals surface area (Å²) in [5.41, 5.74) is 9.68. The molecular formula is C14H18N4O. The molecule has 0 saturated carbocycles. The second-order valence-electron chi connectivity index (χ2n) is 4.85. The number of nitrogens with zero attached hydrogens (tertiary/aromatic N) is 2. The van der Waals surface area contributed by atoms with Gasteiger partial charge < -0.3 is 10.9 Å². The van der Waals surface area contributed by atoms with Gasteiger partial charge in [0.05, 0.1) is 11.3 Å². The van der Waals surface area contributed by atoms with Crippen LogP contribution in [0.5, 0.6) is 0 Å². The van der Waals surface area contributed by atoms with Gasteiger partial charge in [0.1, 0.15) is 5.69 Å². The molecule has 0 fully saturated rings. The van der Waals surface area contributed by atoms with Crippen molar-refractivity contribution in [1.29, 1.82) is 0 Å². The standard InChI is InChI=1S/C14H18N4O/c1-11-8-9-14(2,13(15)10-11)18(19)17-16-12-6-4-3-5-7-12/h3-10,13,16H,15H2,1-2H3/b18-17-. The molecule has 1 aromatic carbocycles. The highest BCUT2D eigenvalue weighted by atomic mass is 16.5. The molecule has 3 N–H and O–H groups in total. The second kappa shape index (κ2) is 5.24. The Morgan fingerprint density at radius 1 is 1.37 bits per heavy atom. The van der Waals surface area contributed by atoms with Gasteiger partial charge in [-0.2, -0.15) is 4.86 Å². The van der Waals surface area contributed by atoms with Gasteiger partial charge in [-0.25, -0.2) is 0 Å². The normalized spacial score (nSPS) is 27.0. The smallest absolute Gasteiger partial charge is 0.165 e. The largest absolute Gasteiger partial charge is 0.695 e.